The van der Waals surface area contributed by atoms with Crippen molar-refractivity contribution >= 4 is 23.9 Å². The number of hydrogen-bond donors (Lipinski definition) is 2. The Kier molecular flexibility index (Phi) is 7.25. The van der Waals surface area contributed by atoms with Crippen molar-refractivity contribution in [2.45, 2.75) is 12.8 Å². The Morgan fingerprint density at radius 3 is 2.30 bits per heavy atom. The van der Waals surface area contributed by atoms with Gasteiger partial charge in [0.25, 0.3) is 11.8 Å². The second-order valence-corrected chi connectivity index (χ2v) is 5.66. The molecule has 0 atom stereocenters. The van der Waals surface area contributed by atoms with E-state index in [0.29, 0.717) is 11.1 Å². The van der Waals surface area contributed by atoms with Crippen LogP contribution in [0, 0.1) is 5.82 Å². The normalized spacial score (nSPS) is 10.9. The van der Waals surface area contributed by atoms with Crippen LogP contribution in [0.25, 0.3) is 6.08 Å². The van der Waals surface area contributed by atoms with Crippen LogP contribution in [-0.4, -0.2) is 24.3 Å². The minimum atomic E-state index is -1.20. The van der Waals surface area contributed by atoms with Gasteiger partial charge in [0.05, 0.1) is 0 Å². The number of carbonyl (C=O) groups is 3. The molecule has 2 aromatic carbocycles. The lowest BCUT2D eigenvalue weighted by Gasteiger charge is -2.11. The molecule has 27 heavy (non-hydrogen) atoms. The van der Waals surface area contributed by atoms with Gasteiger partial charge in [-0.25, -0.2) is 4.39 Å². The second kappa shape index (κ2) is 9.86. The van der Waals surface area contributed by atoms with Crippen LogP contribution >= 0.6 is 0 Å². The summed E-state index contributed by atoms with van der Waals surface area (Å²) in [5.74, 6) is -2.69. The van der Waals surface area contributed by atoms with Gasteiger partial charge < -0.3 is 20.5 Å². The standard InChI is InChI=1S/C20H19FN2O4/c21-16-10-8-14(9-11-16)13-17(20(27)22-12-4-7-18(24)25)23-19(26)15-5-2-1-3-6-15/h1-3,5-6,8-11,13H,4,7,12H2,(H,22,27)(H,23,26)(H,24,25)/p-1/b17-13+. The molecule has 2 N–H and O–H groups in total. The van der Waals surface area contributed by atoms with Crippen molar-refractivity contribution in [2.24, 2.45) is 0 Å². The van der Waals surface area contributed by atoms with Crippen molar-refractivity contribution < 1.29 is 23.9 Å². The van der Waals surface area contributed by atoms with Crippen LogP contribution in [0.2, 0.25) is 0 Å². The van der Waals surface area contributed by atoms with E-state index in [0.717, 1.165) is 0 Å². The minimum Gasteiger partial charge on any atom is -0.550 e. The van der Waals surface area contributed by atoms with Gasteiger partial charge in [-0.2, -0.15) is 0 Å². The number of rotatable bonds is 8. The molecule has 0 aromatic heterocycles. The fourth-order valence-corrected chi connectivity index (χ4v) is 2.20. The zero-order valence-corrected chi connectivity index (χ0v) is 14.4. The molecule has 0 unspecified atom stereocenters. The molecule has 0 aliphatic rings. The molecule has 0 radical (unpaired) electrons. The third-order valence-corrected chi connectivity index (χ3v) is 3.55. The fourth-order valence-electron chi connectivity index (χ4n) is 2.20. The van der Waals surface area contributed by atoms with E-state index in [1.54, 1.807) is 30.3 Å². The van der Waals surface area contributed by atoms with Crippen molar-refractivity contribution in [3.63, 3.8) is 0 Å². The molecule has 0 aliphatic heterocycles. The predicted octanol–water partition coefficient (Wildman–Crippen LogP) is 1.24. The average Bonchev–Trinajstić information content (AvgIpc) is 2.66. The zero-order valence-electron chi connectivity index (χ0n) is 14.4. The Morgan fingerprint density at radius 1 is 1.00 bits per heavy atom. The Hall–Kier alpha value is -3.48. The van der Waals surface area contributed by atoms with E-state index >= 15 is 0 Å². The number of amides is 2. The largest absolute Gasteiger partial charge is 0.550 e. The third-order valence-electron chi connectivity index (χ3n) is 3.55. The summed E-state index contributed by atoms with van der Waals surface area (Å²) in [5.41, 5.74) is 0.848. The lowest BCUT2D eigenvalue weighted by Crippen LogP contribution is -2.35. The number of carboxylic acids is 1. The van der Waals surface area contributed by atoms with Crippen molar-refractivity contribution in [2.75, 3.05) is 6.54 Å². The van der Waals surface area contributed by atoms with Crippen molar-refractivity contribution in [3.8, 4) is 0 Å². The topological polar surface area (TPSA) is 98.3 Å². The molecule has 0 fully saturated rings. The Morgan fingerprint density at radius 2 is 1.67 bits per heavy atom. The van der Waals surface area contributed by atoms with E-state index in [2.05, 4.69) is 10.6 Å². The average molecular weight is 369 g/mol. The Bertz CT molecular complexity index is 833. The van der Waals surface area contributed by atoms with Gasteiger partial charge in [-0.3, -0.25) is 9.59 Å². The second-order valence-electron chi connectivity index (χ2n) is 5.66. The van der Waals surface area contributed by atoms with Gasteiger partial charge in [-0.1, -0.05) is 30.3 Å². The molecular formula is C20H18FN2O4-. The molecule has 0 spiro atoms. The van der Waals surface area contributed by atoms with Crippen LogP contribution in [0.3, 0.4) is 0 Å². The number of carboxylic acid groups (broad SMARTS) is 1. The molecule has 2 aromatic rings. The van der Waals surface area contributed by atoms with Gasteiger partial charge in [0.1, 0.15) is 11.5 Å². The predicted molar refractivity (Wildman–Crippen MR) is 95.5 cm³/mol. The molecule has 0 aliphatic carbocycles. The van der Waals surface area contributed by atoms with E-state index in [1.165, 1.54) is 30.3 Å². The fraction of sp³-hybridized carbons (Fsp3) is 0.150. The van der Waals surface area contributed by atoms with Crippen molar-refractivity contribution in [1.82, 2.24) is 10.6 Å². The summed E-state index contributed by atoms with van der Waals surface area (Å²) < 4.78 is 13.1. The lowest BCUT2D eigenvalue weighted by molar-refractivity contribution is -0.305. The van der Waals surface area contributed by atoms with Crippen LogP contribution in [0.1, 0.15) is 28.8 Å². The highest BCUT2D eigenvalue weighted by atomic mass is 19.1. The summed E-state index contributed by atoms with van der Waals surface area (Å²) in [7, 11) is 0. The van der Waals surface area contributed by atoms with Crippen molar-refractivity contribution in [3.05, 3.63) is 77.2 Å². The van der Waals surface area contributed by atoms with Gasteiger partial charge in [0.15, 0.2) is 0 Å². The molecular weight excluding hydrogens is 351 g/mol. The van der Waals surface area contributed by atoms with Gasteiger partial charge in [-0.15, -0.1) is 0 Å². The first-order chi connectivity index (χ1) is 13.0. The number of benzene rings is 2. The molecule has 2 rings (SSSR count). The highest BCUT2D eigenvalue weighted by Crippen LogP contribution is 2.09. The van der Waals surface area contributed by atoms with Gasteiger partial charge in [-0.05, 0) is 48.7 Å². The first-order valence-corrected chi connectivity index (χ1v) is 8.27. The zero-order chi connectivity index (χ0) is 19.6. The SMILES string of the molecule is O=C([O-])CCCNC(=O)/C(=C\c1ccc(F)cc1)NC(=O)c1ccccc1. The molecule has 0 saturated carbocycles. The number of hydrogen-bond acceptors (Lipinski definition) is 4. The summed E-state index contributed by atoms with van der Waals surface area (Å²) in [5, 5.41) is 15.5. The van der Waals surface area contributed by atoms with Crippen LogP contribution in [0.5, 0.6) is 0 Å². The Labute approximate surface area is 155 Å². The van der Waals surface area contributed by atoms with Crippen LogP contribution in [0.4, 0.5) is 4.39 Å². The molecule has 0 saturated heterocycles. The smallest absolute Gasteiger partial charge is 0.267 e. The van der Waals surface area contributed by atoms with E-state index in [4.69, 9.17) is 0 Å². The molecule has 140 valence electrons. The molecule has 7 heteroatoms. The summed E-state index contributed by atoms with van der Waals surface area (Å²) in [4.78, 5) is 35.2. The number of halogens is 1. The van der Waals surface area contributed by atoms with E-state index in [1.807, 2.05) is 0 Å². The van der Waals surface area contributed by atoms with E-state index in [-0.39, 0.29) is 25.1 Å². The van der Waals surface area contributed by atoms with Crippen molar-refractivity contribution in [1.29, 1.82) is 0 Å². The quantitative estimate of drug-likeness (QED) is 0.540. The van der Waals surface area contributed by atoms with Crippen LogP contribution in [0.15, 0.2) is 60.3 Å². The maximum absolute atomic E-state index is 13.1. The lowest BCUT2D eigenvalue weighted by atomic mass is 10.1. The van der Waals surface area contributed by atoms with Gasteiger partial charge in [0, 0.05) is 18.1 Å². The molecule has 6 nitrogen and oxygen atoms in total. The Balaban J connectivity index is 2.14. The summed E-state index contributed by atoms with van der Waals surface area (Å²) in [6.45, 7) is 0.106. The monoisotopic (exact) mass is 369 g/mol. The van der Waals surface area contributed by atoms with Gasteiger partial charge >= 0.3 is 0 Å². The minimum absolute atomic E-state index is 0.0380. The summed E-state index contributed by atoms with van der Waals surface area (Å²) in [6, 6.07) is 13.7. The molecule has 0 bridgehead atoms. The van der Waals surface area contributed by atoms with Crippen LogP contribution < -0.4 is 15.7 Å². The van der Waals surface area contributed by atoms with Crippen LogP contribution in [-0.2, 0) is 9.59 Å². The molecule has 2 amide bonds. The first kappa shape index (κ1) is 19.8. The first-order valence-electron chi connectivity index (χ1n) is 8.27. The van der Waals surface area contributed by atoms with E-state index < -0.39 is 23.6 Å². The van der Waals surface area contributed by atoms with Gasteiger partial charge in [0.2, 0.25) is 0 Å². The highest BCUT2D eigenvalue weighted by Gasteiger charge is 2.14. The number of nitrogens with one attached hydrogen (secondary N) is 2. The number of carbonyl (C=O) groups excluding carboxylic acids is 3. The number of aliphatic carboxylic acids is 1. The van der Waals surface area contributed by atoms with E-state index in [9.17, 15) is 23.9 Å². The highest BCUT2D eigenvalue weighted by molar-refractivity contribution is 6.05. The molecule has 0 heterocycles. The third kappa shape index (κ3) is 6.74. The summed E-state index contributed by atoms with van der Waals surface area (Å²) in [6.07, 6.45) is 1.42. The maximum atomic E-state index is 13.1. The maximum Gasteiger partial charge on any atom is 0.267 e. The summed E-state index contributed by atoms with van der Waals surface area (Å²) >= 11 is 0.